The third-order valence-electron chi connectivity index (χ3n) is 1.15. The van der Waals surface area contributed by atoms with Gasteiger partial charge in [0.2, 0.25) is 5.95 Å². The maximum atomic E-state index is 12.0. The van der Waals surface area contributed by atoms with E-state index < -0.39 is 22.2 Å². The number of halogens is 3. The van der Waals surface area contributed by atoms with Gasteiger partial charge in [0.15, 0.2) is 0 Å². The first kappa shape index (κ1) is 10.7. The highest BCUT2D eigenvalue weighted by Gasteiger charge is 2.32. The Morgan fingerprint density at radius 3 is 1.79 bits per heavy atom. The van der Waals surface area contributed by atoms with Crippen molar-refractivity contribution in [3.63, 3.8) is 0 Å². The Morgan fingerprint density at radius 2 is 1.43 bits per heavy atom. The Bertz CT molecular complexity index is 329. The fraction of sp³-hybridized carbons (Fsp3) is 0.200. The van der Waals surface area contributed by atoms with E-state index in [1.807, 2.05) is 0 Å². The highest BCUT2D eigenvalue weighted by Crippen LogP contribution is 2.41. The first-order valence-corrected chi connectivity index (χ1v) is 4.05. The van der Waals surface area contributed by atoms with Gasteiger partial charge in [0.1, 0.15) is 16.5 Å². The zero-order valence-electron chi connectivity index (χ0n) is 6.67. The molecule has 14 heavy (non-hydrogen) atoms. The summed E-state index contributed by atoms with van der Waals surface area (Å²) in [5, 5.41) is 0. The van der Waals surface area contributed by atoms with E-state index >= 15 is 0 Å². The minimum atomic E-state index is -4.48. The molecule has 0 aliphatic carbocycles. The molecule has 0 saturated carbocycles. The van der Waals surface area contributed by atoms with Crippen LogP contribution in [0.25, 0.3) is 0 Å². The van der Waals surface area contributed by atoms with Gasteiger partial charge in [-0.15, -0.1) is 0 Å². The van der Waals surface area contributed by atoms with Crippen LogP contribution in [-0.2, 0) is 0 Å². The van der Waals surface area contributed by atoms with Crippen molar-refractivity contribution in [2.24, 2.45) is 0 Å². The predicted molar refractivity (Wildman–Crippen MR) is 47.2 cm³/mol. The van der Waals surface area contributed by atoms with E-state index in [2.05, 4.69) is 9.97 Å². The van der Waals surface area contributed by atoms with Crippen LogP contribution >= 0.6 is 11.8 Å². The van der Waals surface area contributed by atoms with Crippen molar-refractivity contribution in [1.29, 1.82) is 0 Å². The lowest BCUT2D eigenvalue weighted by Crippen LogP contribution is -2.09. The highest BCUT2D eigenvalue weighted by molar-refractivity contribution is 8.00. The number of nitrogens with zero attached hydrogens (tertiary/aromatic N) is 2. The average Bonchev–Trinajstić information content (AvgIpc) is 1.95. The van der Waals surface area contributed by atoms with Crippen LogP contribution < -0.4 is 17.2 Å². The fourth-order valence-electron chi connectivity index (χ4n) is 0.725. The van der Waals surface area contributed by atoms with Gasteiger partial charge in [-0.3, -0.25) is 0 Å². The van der Waals surface area contributed by atoms with Gasteiger partial charge in [-0.1, -0.05) is 0 Å². The van der Waals surface area contributed by atoms with E-state index in [-0.39, 0.29) is 17.6 Å². The van der Waals surface area contributed by atoms with Gasteiger partial charge in [0.05, 0.1) is 0 Å². The van der Waals surface area contributed by atoms with E-state index in [0.717, 1.165) is 0 Å². The molecule has 0 amide bonds. The lowest BCUT2D eigenvalue weighted by molar-refractivity contribution is -0.0327. The number of nitrogen functional groups attached to an aromatic ring is 3. The van der Waals surface area contributed by atoms with Crippen molar-refractivity contribution in [2.45, 2.75) is 10.4 Å². The SMILES string of the molecule is Nc1nc(N)c(SC(F)(F)F)c(N)n1. The van der Waals surface area contributed by atoms with Gasteiger partial charge >= 0.3 is 5.51 Å². The minimum absolute atomic E-state index is 0.258. The lowest BCUT2D eigenvalue weighted by atomic mass is 10.5. The first-order valence-electron chi connectivity index (χ1n) is 3.24. The third kappa shape index (κ3) is 2.55. The van der Waals surface area contributed by atoms with Crippen molar-refractivity contribution < 1.29 is 13.2 Å². The Morgan fingerprint density at radius 1 is 1.00 bits per heavy atom. The van der Waals surface area contributed by atoms with Crippen LogP contribution in [0.15, 0.2) is 4.90 Å². The molecule has 1 rings (SSSR count). The zero-order chi connectivity index (χ0) is 10.9. The number of alkyl halides is 3. The number of hydrogen-bond acceptors (Lipinski definition) is 6. The number of nitrogens with two attached hydrogens (primary N) is 3. The molecule has 0 fully saturated rings. The highest BCUT2D eigenvalue weighted by atomic mass is 32.2. The lowest BCUT2D eigenvalue weighted by Gasteiger charge is -2.09. The Balaban J connectivity index is 3.09. The van der Waals surface area contributed by atoms with Crippen LogP contribution in [0.1, 0.15) is 0 Å². The molecular weight excluding hydrogens is 219 g/mol. The molecular formula is C5H6F3N5S. The zero-order valence-corrected chi connectivity index (χ0v) is 7.49. The van der Waals surface area contributed by atoms with Crippen LogP contribution in [0.2, 0.25) is 0 Å². The molecule has 0 aromatic carbocycles. The molecule has 1 aromatic heterocycles. The van der Waals surface area contributed by atoms with Crippen LogP contribution in [0.4, 0.5) is 30.8 Å². The van der Waals surface area contributed by atoms with Crippen LogP contribution in [-0.4, -0.2) is 15.5 Å². The molecule has 0 atom stereocenters. The largest absolute Gasteiger partial charge is 0.446 e. The monoisotopic (exact) mass is 225 g/mol. The van der Waals surface area contributed by atoms with Gasteiger partial charge in [-0.2, -0.15) is 23.1 Å². The summed E-state index contributed by atoms with van der Waals surface area (Å²) >= 11 is -0.468. The molecule has 5 nitrogen and oxygen atoms in total. The summed E-state index contributed by atoms with van der Waals surface area (Å²) in [5.41, 5.74) is 11.0. The van der Waals surface area contributed by atoms with Crippen molar-refractivity contribution >= 4 is 29.3 Å². The number of rotatable bonds is 1. The van der Waals surface area contributed by atoms with Crippen LogP contribution in [0, 0.1) is 0 Å². The van der Waals surface area contributed by atoms with E-state index in [1.165, 1.54) is 0 Å². The minimum Gasteiger partial charge on any atom is -0.383 e. The van der Waals surface area contributed by atoms with E-state index in [1.54, 1.807) is 0 Å². The smallest absolute Gasteiger partial charge is 0.383 e. The van der Waals surface area contributed by atoms with Crippen molar-refractivity contribution in [3.8, 4) is 0 Å². The van der Waals surface area contributed by atoms with Crippen molar-refractivity contribution in [1.82, 2.24) is 9.97 Å². The Labute approximate surface area is 80.9 Å². The quantitative estimate of drug-likeness (QED) is 0.611. The van der Waals surface area contributed by atoms with Gasteiger partial charge in [0.25, 0.3) is 0 Å². The van der Waals surface area contributed by atoms with Crippen LogP contribution in [0.3, 0.4) is 0 Å². The summed E-state index contributed by atoms with van der Waals surface area (Å²) in [6.45, 7) is 0. The molecule has 0 spiro atoms. The first-order chi connectivity index (χ1) is 6.29. The number of anilines is 3. The maximum Gasteiger partial charge on any atom is 0.446 e. The third-order valence-corrected chi connectivity index (χ3v) is 2.01. The molecule has 0 radical (unpaired) electrons. The molecule has 6 N–H and O–H groups in total. The molecule has 1 aromatic rings. The van der Waals surface area contributed by atoms with Crippen molar-refractivity contribution in [2.75, 3.05) is 17.2 Å². The Hall–Kier alpha value is -1.38. The summed E-state index contributed by atoms with van der Waals surface area (Å²) in [6.07, 6.45) is 0. The second kappa shape index (κ2) is 3.40. The topological polar surface area (TPSA) is 104 Å². The van der Waals surface area contributed by atoms with E-state index in [9.17, 15) is 13.2 Å². The molecule has 9 heteroatoms. The molecule has 0 saturated heterocycles. The summed E-state index contributed by atoms with van der Waals surface area (Å²) in [4.78, 5) is 6.30. The van der Waals surface area contributed by atoms with Crippen molar-refractivity contribution in [3.05, 3.63) is 0 Å². The normalized spacial score (nSPS) is 11.6. The second-order valence-corrected chi connectivity index (χ2v) is 3.30. The predicted octanol–water partition coefficient (Wildman–Crippen LogP) is 0.835. The van der Waals surface area contributed by atoms with E-state index in [4.69, 9.17) is 17.2 Å². The molecule has 0 unspecified atom stereocenters. The van der Waals surface area contributed by atoms with Gasteiger partial charge in [0, 0.05) is 0 Å². The van der Waals surface area contributed by atoms with Gasteiger partial charge in [-0.05, 0) is 11.8 Å². The molecule has 1 heterocycles. The van der Waals surface area contributed by atoms with Gasteiger partial charge < -0.3 is 17.2 Å². The molecule has 0 aliphatic heterocycles. The van der Waals surface area contributed by atoms with Gasteiger partial charge in [-0.25, -0.2) is 0 Å². The average molecular weight is 225 g/mol. The number of hydrogen-bond donors (Lipinski definition) is 3. The molecule has 0 bridgehead atoms. The fourth-order valence-corrected chi connectivity index (χ4v) is 1.26. The number of thioether (sulfide) groups is 1. The molecule has 78 valence electrons. The maximum absolute atomic E-state index is 12.0. The summed E-state index contributed by atoms with van der Waals surface area (Å²) in [5.74, 6) is -1.01. The van der Waals surface area contributed by atoms with E-state index in [0.29, 0.717) is 0 Å². The van der Waals surface area contributed by atoms with Crippen LogP contribution in [0.5, 0.6) is 0 Å². The summed E-state index contributed by atoms with van der Waals surface area (Å²) < 4.78 is 35.9. The number of aromatic nitrogens is 2. The summed E-state index contributed by atoms with van der Waals surface area (Å²) in [6, 6.07) is 0. The standard InChI is InChI=1S/C5H6F3N5S/c6-5(7,8)14-1-2(9)12-4(11)13-3(1)10/h(H6,9,10,11,12,13). The molecule has 0 aliphatic rings. The second-order valence-electron chi connectivity index (χ2n) is 2.23. The Kier molecular flexibility index (Phi) is 2.60. The summed E-state index contributed by atoms with van der Waals surface area (Å²) in [7, 11) is 0.